The van der Waals surface area contributed by atoms with E-state index in [4.69, 9.17) is 4.74 Å². The number of carbonyl (C=O) groups excluding carboxylic acids is 1. The second-order valence-corrected chi connectivity index (χ2v) is 6.82. The molecule has 0 aliphatic carbocycles. The van der Waals surface area contributed by atoms with Crippen molar-refractivity contribution in [3.8, 4) is 5.75 Å². The van der Waals surface area contributed by atoms with E-state index in [0.717, 1.165) is 22.0 Å². The maximum Gasteiger partial charge on any atom is 0.261 e. The summed E-state index contributed by atoms with van der Waals surface area (Å²) in [7, 11) is 0. The van der Waals surface area contributed by atoms with Crippen molar-refractivity contribution in [2.45, 2.75) is 60.6 Å². The van der Waals surface area contributed by atoms with Crippen LogP contribution in [0.4, 0.5) is 0 Å². The predicted molar refractivity (Wildman–Crippen MR) is 95.9 cm³/mol. The molecule has 1 heterocycles. The monoisotopic (exact) mass is 316 g/mol. The van der Waals surface area contributed by atoms with Crippen molar-refractivity contribution in [1.29, 1.82) is 0 Å². The van der Waals surface area contributed by atoms with Gasteiger partial charge in [0.15, 0.2) is 6.10 Å². The van der Waals surface area contributed by atoms with E-state index in [0.29, 0.717) is 5.75 Å². The molecule has 4 heteroatoms. The minimum atomic E-state index is -0.547. The Bertz CT molecular complexity index is 702. The number of carbonyl (C=O) groups is 1. The molecule has 1 N–H and O–H groups in total. The number of aromatic nitrogens is 1. The van der Waals surface area contributed by atoms with Crippen LogP contribution in [0, 0.1) is 13.8 Å². The first-order chi connectivity index (χ1) is 10.2. The predicted octanol–water partition coefficient (Wildman–Crippen LogP) is 4.17. The van der Waals surface area contributed by atoms with Crippen molar-refractivity contribution in [1.82, 2.24) is 10.3 Å². The number of hydrogen-bond donors (Lipinski definition) is 1. The van der Waals surface area contributed by atoms with Crippen LogP contribution >= 0.6 is 0 Å². The summed E-state index contributed by atoms with van der Waals surface area (Å²) >= 11 is 0. The third-order valence-corrected chi connectivity index (χ3v) is 3.26. The molecule has 0 fully saturated rings. The van der Waals surface area contributed by atoms with Crippen LogP contribution < -0.4 is 10.1 Å². The van der Waals surface area contributed by atoms with Gasteiger partial charge < -0.3 is 10.1 Å². The van der Waals surface area contributed by atoms with Crippen LogP contribution in [0.25, 0.3) is 10.9 Å². The normalized spacial score (nSPS) is 12.4. The lowest BCUT2D eigenvalue weighted by Gasteiger charge is -2.23. The highest BCUT2D eigenvalue weighted by atomic mass is 16.5. The lowest BCUT2D eigenvalue weighted by atomic mass is 10.1. The van der Waals surface area contributed by atoms with Crippen LogP contribution in [0.3, 0.4) is 0 Å². The molecule has 1 amide bonds. The van der Waals surface area contributed by atoms with Crippen LogP contribution in [0.15, 0.2) is 24.4 Å². The van der Waals surface area contributed by atoms with Gasteiger partial charge in [-0.25, -0.2) is 0 Å². The molecule has 0 saturated carbocycles. The molecule has 1 aromatic carbocycles. The standard InChI is InChI=1S/C18H24N2O2.CH4/c1-11-7-14-9-15(8-12(2)16(14)19-10-11)22-13(3)17(21)20-18(4,5)6;/h7-10,13H,1-6H3,(H,20,21);1H4. The number of aryl methyl sites for hydroxylation is 2. The number of nitrogens with zero attached hydrogens (tertiary/aromatic N) is 1. The molecule has 0 radical (unpaired) electrons. The van der Waals surface area contributed by atoms with Gasteiger partial charge in [-0.15, -0.1) is 0 Å². The van der Waals surface area contributed by atoms with E-state index >= 15 is 0 Å². The van der Waals surface area contributed by atoms with Gasteiger partial charge in [-0.3, -0.25) is 9.78 Å². The van der Waals surface area contributed by atoms with Gasteiger partial charge in [0.1, 0.15) is 5.75 Å². The van der Waals surface area contributed by atoms with Gasteiger partial charge in [-0.1, -0.05) is 7.43 Å². The molecule has 0 aliphatic heterocycles. The molecule has 2 aromatic rings. The van der Waals surface area contributed by atoms with Crippen molar-refractivity contribution < 1.29 is 9.53 Å². The largest absolute Gasteiger partial charge is 0.481 e. The zero-order valence-corrected chi connectivity index (χ0v) is 14.2. The third-order valence-electron chi connectivity index (χ3n) is 3.26. The summed E-state index contributed by atoms with van der Waals surface area (Å²) in [5, 5.41) is 3.95. The molecular formula is C19H28N2O2. The minimum absolute atomic E-state index is 0. The van der Waals surface area contributed by atoms with Crippen LogP contribution in [0.2, 0.25) is 0 Å². The summed E-state index contributed by atoms with van der Waals surface area (Å²) in [5.41, 5.74) is 2.83. The lowest BCUT2D eigenvalue weighted by Crippen LogP contribution is -2.46. The Morgan fingerprint density at radius 1 is 1.22 bits per heavy atom. The fraction of sp³-hybridized carbons (Fsp3) is 0.474. The van der Waals surface area contributed by atoms with Gasteiger partial charge >= 0.3 is 0 Å². The first-order valence-corrected chi connectivity index (χ1v) is 7.51. The molecule has 2 rings (SSSR count). The van der Waals surface area contributed by atoms with Crippen molar-refractivity contribution in [3.05, 3.63) is 35.5 Å². The Hall–Kier alpha value is -2.10. The van der Waals surface area contributed by atoms with Crippen LogP contribution in [0.1, 0.15) is 46.2 Å². The highest BCUT2D eigenvalue weighted by molar-refractivity contribution is 5.84. The molecule has 0 bridgehead atoms. The van der Waals surface area contributed by atoms with E-state index in [1.807, 2.05) is 52.9 Å². The number of fused-ring (bicyclic) bond motifs is 1. The number of hydrogen-bond acceptors (Lipinski definition) is 3. The van der Waals surface area contributed by atoms with Gasteiger partial charge in [0, 0.05) is 17.1 Å². The third kappa shape index (κ3) is 4.95. The number of rotatable bonds is 3. The van der Waals surface area contributed by atoms with Gasteiger partial charge in [-0.05, 0) is 70.9 Å². The molecule has 1 aromatic heterocycles. The minimum Gasteiger partial charge on any atom is -0.481 e. The molecule has 23 heavy (non-hydrogen) atoms. The summed E-state index contributed by atoms with van der Waals surface area (Å²) in [4.78, 5) is 16.6. The Morgan fingerprint density at radius 2 is 1.87 bits per heavy atom. The van der Waals surface area contributed by atoms with E-state index in [1.165, 1.54) is 0 Å². The van der Waals surface area contributed by atoms with E-state index in [1.54, 1.807) is 6.92 Å². The maximum atomic E-state index is 12.1. The molecule has 0 aliphatic rings. The van der Waals surface area contributed by atoms with Crippen molar-refractivity contribution >= 4 is 16.8 Å². The summed E-state index contributed by atoms with van der Waals surface area (Å²) in [5.74, 6) is 0.571. The lowest BCUT2D eigenvalue weighted by molar-refractivity contribution is -0.128. The molecular weight excluding hydrogens is 288 g/mol. The number of amides is 1. The first kappa shape index (κ1) is 18.9. The highest BCUT2D eigenvalue weighted by Crippen LogP contribution is 2.25. The number of nitrogens with one attached hydrogen (secondary N) is 1. The average molecular weight is 316 g/mol. The summed E-state index contributed by atoms with van der Waals surface area (Å²) in [6.45, 7) is 11.6. The molecule has 0 saturated heterocycles. The maximum absolute atomic E-state index is 12.1. The van der Waals surface area contributed by atoms with Crippen LogP contribution in [-0.4, -0.2) is 22.5 Å². The number of pyridine rings is 1. The van der Waals surface area contributed by atoms with Crippen molar-refractivity contribution in [3.63, 3.8) is 0 Å². The van der Waals surface area contributed by atoms with E-state index in [9.17, 15) is 4.79 Å². The molecule has 1 atom stereocenters. The quantitative estimate of drug-likeness (QED) is 0.924. The average Bonchev–Trinajstić information content (AvgIpc) is 2.35. The van der Waals surface area contributed by atoms with Crippen molar-refractivity contribution in [2.24, 2.45) is 0 Å². The van der Waals surface area contributed by atoms with E-state index in [2.05, 4.69) is 16.4 Å². The summed E-state index contributed by atoms with van der Waals surface area (Å²) < 4.78 is 5.81. The Balaban J connectivity index is 0.00000264. The first-order valence-electron chi connectivity index (χ1n) is 7.51. The van der Waals surface area contributed by atoms with Gasteiger partial charge in [0.2, 0.25) is 0 Å². The molecule has 126 valence electrons. The highest BCUT2D eigenvalue weighted by Gasteiger charge is 2.20. The smallest absolute Gasteiger partial charge is 0.261 e. The van der Waals surface area contributed by atoms with Gasteiger partial charge in [0.25, 0.3) is 5.91 Å². The van der Waals surface area contributed by atoms with E-state index in [-0.39, 0.29) is 18.9 Å². The Morgan fingerprint density at radius 3 is 2.48 bits per heavy atom. The van der Waals surface area contributed by atoms with Crippen LogP contribution in [-0.2, 0) is 4.79 Å². The molecule has 4 nitrogen and oxygen atoms in total. The zero-order valence-electron chi connectivity index (χ0n) is 14.2. The Labute approximate surface area is 139 Å². The number of ether oxygens (including phenoxy) is 1. The van der Waals surface area contributed by atoms with Gasteiger partial charge in [-0.2, -0.15) is 0 Å². The fourth-order valence-corrected chi connectivity index (χ4v) is 2.30. The van der Waals surface area contributed by atoms with Crippen LogP contribution in [0.5, 0.6) is 5.75 Å². The topological polar surface area (TPSA) is 51.2 Å². The second-order valence-electron chi connectivity index (χ2n) is 6.82. The number of benzene rings is 1. The van der Waals surface area contributed by atoms with E-state index < -0.39 is 6.10 Å². The Kier molecular flexibility index (Phi) is 5.75. The fourth-order valence-electron chi connectivity index (χ4n) is 2.30. The summed E-state index contributed by atoms with van der Waals surface area (Å²) in [6.07, 6.45) is 1.31. The van der Waals surface area contributed by atoms with Gasteiger partial charge in [0.05, 0.1) is 5.52 Å². The van der Waals surface area contributed by atoms with Crippen molar-refractivity contribution in [2.75, 3.05) is 0 Å². The SMILES string of the molecule is C.Cc1cnc2c(C)cc(OC(C)C(=O)NC(C)(C)C)cc2c1. The molecule has 1 unspecified atom stereocenters. The summed E-state index contributed by atoms with van der Waals surface area (Å²) in [6, 6.07) is 5.93. The zero-order chi connectivity index (χ0) is 16.5. The molecule has 0 spiro atoms. The second kappa shape index (κ2) is 6.99.